The Bertz CT molecular complexity index is 4390. The van der Waals surface area contributed by atoms with E-state index in [0.717, 1.165) is 113 Å². The van der Waals surface area contributed by atoms with Crippen molar-refractivity contribution in [1.29, 1.82) is 0 Å². The molecule has 0 aliphatic heterocycles. The number of aromatic nitrogens is 2. The molecule has 0 saturated heterocycles. The van der Waals surface area contributed by atoms with Gasteiger partial charge >= 0.3 is 0 Å². The second-order valence-electron chi connectivity index (χ2n) is 21.6. The van der Waals surface area contributed by atoms with Gasteiger partial charge in [0.15, 0.2) is 0 Å². The van der Waals surface area contributed by atoms with Crippen LogP contribution in [0.15, 0.2) is 156 Å². The molecule has 6 heteroatoms. The highest BCUT2D eigenvalue weighted by molar-refractivity contribution is 6.22. The van der Waals surface area contributed by atoms with Crippen LogP contribution in [0.1, 0.15) is 115 Å². The van der Waals surface area contributed by atoms with Crippen molar-refractivity contribution in [3.63, 3.8) is 0 Å². The highest BCUT2D eigenvalue weighted by Gasteiger charge is 2.22. The Morgan fingerprint density at radius 3 is 1.71 bits per heavy atom. The maximum absolute atomic E-state index is 6.67. The Morgan fingerprint density at radius 1 is 0.494 bits per heavy atom. The topological polar surface area (TPSA) is 66.6 Å². The van der Waals surface area contributed by atoms with E-state index < -0.39 is 0 Å². The van der Waals surface area contributed by atoms with Gasteiger partial charge in [0.2, 0.25) is 11.8 Å². The van der Waals surface area contributed by atoms with Crippen LogP contribution in [0.3, 0.4) is 0 Å². The molecule has 10 aromatic rings. The summed E-state index contributed by atoms with van der Waals surface area (Å²) in [5.74, 6) is 23.7. The number of methoxy groups -OCH3 is 1. The number of hydrogen-bond acceptors (Lipinski definition) is 6. The van der Waals surface area contributed by atoms with Crippen LogP contribution >= 0.6 is 0 Å². The lowest BCUT2D eigenvalue weighted by Gasteiger charge is -2.20. The highest BCUT2D eigenvalue weighted by atomic mass is 16.5. The van der Waals surface area contributed by atoms with Crippen LogP contribution in [-0.4, -0.2) is 23.9 Å². The lowest BCUT2D eigenvalue weighted by Crippen LogP contribution is -1.98. The summed E-state index contributed by atoms with van der Waals surface area (Å²) in [6.07, 6.45) is 28.0. The number of nitrogens with zero attached hydrogens (tertiary/aromatic N) is 2. The van der Waals surface area contributed by atoms with Gasteiger partial charge in [0.05, 0.1) is 19.3 Å². The monoisotopic (exact) mass is 1110 g/mol. The summed E-state index contributed by atoms with van der Waals surface area (Å²) in [7, 11) is 1.68. The number of benzene rings is 9. The Kier molecular flexibility index (Phi) is 19.8. The first-order valence-corrected chi connectivity index (χ1v) is 30.0. The van der Waals surface area contributed by atoms with Gasteiger partial charge < -0.3 is 18.6 Å². The lowest BCUT2D eigenvalue weighted by atomic mass is 9.84. The minimum absolute atomic E-state index is 0.406. The van der Waals surface area contributed by atoms with Crippen molar-refractivity contribution in [3.05, 3.63) is 168 Å². The minimum atomic E-state index is 0.406. The van der Waals surface area contributed by atoms with Crippen LogP contribution in [0, 0.1) is 66.8 Å². The zero-order valence-corrected chi connectivity index (χ0v) is 49.5. The van der Waals surface area contributed by atoms with Crippen LogP contribution in [0.4, 0.5) is 0 Å². The fourth-order valence-corrected chi connectivity index (χ4v) is 11.3. The Hall–Kier alpha value is -9.90. The first kappa shape index (κ1) is 58.3. The number of terminal acetylenes is 1. The third-order valence-corrected chi connectivity index (χ3v) is 15.6. The first-order valence-electron chi connectivity index (χ1n) is 30.0. The standard InChI is InChI=1S/C79H70N2O4/c1-7-11-14-17-19-21-23-26-46-83-67-43-45-70-72(53-67)76(65-40-37-59-48-57(29-25-16-13-9-3)32-35-60(59)50-65)69-44-42-68(84-47-27-24-22-20-18-15-12-8-2)54-73(69)77(70)66-41-38-61-49-63(39-36-62(61)51-66)71-52-64(28-10-4)75(82-6)55-74(71)79-81-80-78(85-79)58-33-30-56(5)31-34-58/h1,10,28,30-45,48-55H,8-9,12-13,15-16,18,20,22,24-25,27,29,47H2,2-6H3/b28-10+. The SMILES string of the molecule is C#CC#CC#CC#CC#COc1ccc2c(-c3ccc4cc(-c5cc(/C=C/C)c(OC)cc5-c5nnc(-c6ccc(C)cc6)o5)ccc4c3)c3cc(OCCCCCCCCCC)ccc3c(-c3ccc4cc(CCCCCC)ccc4c3)c2c1. The Morgan fingerprint density at radius 2 is 1.05 bits per heavy atom. The maximum Gasteiger partial charge on any atom is 0.248 e. The molecule has 0 unspecified atom stereocenters. The summed E-state index contributed by atoms with van der Waals surface area (Å²) in [5, 5.41) is 17.9. The van der Waals surface area contributed by atoms with E-state index in [0.29, 0.717) is 29.9 Å². The van der Waals surface area contributed by atoms with Crippen LogP contribution in [0.5, 0.6) is 17.2 Å². The van der Waals surface area contributed by atoms with E-state index >= 15 is 0 Å². The third kappa shape index (κ3) is 14.3. The quantitative estimate of drug-likeness (QED) is 0.0361. The van der Waals surface area contributed by atoms with Crippen molar-refractivity contribution in [2.45, 2.75) is 111 Å². The molecule has 0 amide bonds. The van der Waals surface area contributed by atoms with Gasteiger partial charge in [-0.3, -0.25) is 0 Å². The van der Waals surface area contributed by atoms with Gasteiger partial charge in [0.25, 0.3) is 0 Å². The molecule has 0 aliphatic rings. The predicted octanol–water partition coefficient (Wildman–Crippen LogP) is 20.0. The normalized spacial score (nSPS) is 10.9. The zero-order valence-electron chi connectivity index (χ0n) is 49.5. The van der Waals surface area contributed by atoms with Crippen LogP contribution in [0.2, 0.25) is 0 Å². The molecule has 85 heavy (non-hydrogen) atoms. The second kappa shape index (κ2) is 28.9. The van der Waals surface area contributed by atoms with E-state index in [1.165, 1.54) is 80.5 Å². The molecule has 0 bridgehead atoms. The molecular formula is C79H70N2O4. The molecular weight excluding hydrogens is 1040 g/mol. The first-order chi connectivity index (χ1) is 41.9. The summed E-state index contributed by atoms with van der Waals surface area (Å²) in [4.78, 5) is 0. The van der Waals surface area contributed by atoms with Crippen LogP contribution < -0.4 is 14.2 Å². The largest absolute Gasteiger partial charge is 0.496 e. The van der Waals surface area contributed by atoms with Gasteiger partial charge in [-0.2, -0.15) is 0 Å². The summed E-state index contributed by atoms with van der Waals surface area (Å²) < 4.78 is 25.2. The third-order valence-electron chi connectivity index (χ3n) is 15.6. The second-order valence-corrected chi connectivity index (χ2v) is 21.6. The minimum Gasteiger partial charge on any atom is -0.496 e. The van der Waals surface area contributed by atoms with Crippen molar-refractivity contribution < 1.29 is 18.6 Å². The van der Waals surface area contributed by atoms with E-state index in [2.05, 4.69) is 200 Å². The molecule has 0 spiro atoms. The Balaban J connectivity index is 1.10. The van der Waals surface area contributed by atoms with Gasteiger partial charge in [-0.1, -0.05) is 169 Å². The van der Waals surface area contributed by atoms with E-state index in [1.807, 2.05) is 49.4 Å². The van der Waals surface area contributed by atoms with E-state index in [1.54, 1.807) is 7.11 Å². The van der Waals surface area contributed by atoms with Crippen molar-refractivity contribution in [2.24, 2.45) is 0 Å². The highest BCUT2D eigenvalue weighted by Crippen LogP contribution is 2.47. The molecule has 0 fully saturated rings. The Labute approximate surface area is 502 Å². The number of rotatable bonds is 23. The van der Waals surface area contributed by atoms with E-state index in [4.69, 9.17) is 25.1 Å². The van der Waals surface area contributed by atoms with Gasteiger partial charge in [0.1, 0.15) is 23.4 Å². The average molecular weight is 1110 g/mol. The van der Waals surface area contributed by atoms with Crippen LogP contribution in [0.25, 0.3) is 105 Å². The molecule has 0 N–H and O–H groups in total. The molecule has 0 atom stereocenters. The van der Waals surface area contributed by atoms with Crippen molar-refractivity contribution >= 4 is 49.2 Å². The predicted molar refractivity (Wildman–Crippen MR) is 354 cm³/mol. The van der Waals surface area contributed by atoms with Gasteiger partial charge in [-0.25, -0.2) is 0 Å². The van der Waals surface area contributed by atoms with Gasteiger partial charge in [-0.05, 0) is 212 Å². The zero-order chi connectivity index (χ0) is 58.7. The number of hydrogen-bond donors (Lipinski definition) is 0. The number of fused-ring (bicyclic) bond motifs is 4. The molecule has 9 aromatic carbocycles. The van der Waals surface area contributed by atoms with Crippen molar-refractivity contribution in [1.82, 2.24) is 10.2 Å². The lowest BCUT2D eigenvalue weighted by molar-refractivity contribution is 0.304. The van der Waals surface area contributed by atoms with Gasteiger partial charge in [-0.15, -0.1) is 16.6 Å². The molecule has 0 aliphatic carbocycles. The van der Waals surface area contributed by atoms with E-state index in [9.17, 15) is 0 Å². The average Bonchev–Trinajstić information content (AvgIpc) is 1.53. The number of allylic oxidation sites excluding steroid dienone is 1. The molecule has 1 heterocycles. The summed E-state index contributed by atoms with van der Waals surface area (Å²) in [5.41, 5.74) is 11.4. The molecule has 10 rings (SSSR count). The molecule has 6 nitrogen and oxygen atoms in total. The summed E-state index contributed by atoms with van der Waals surface area (Å²) in [6, 6.07) is 52.3. The number of unbranched alkanes of at least 4 members (excludes halogenated alkanes) is 10. The fraction of sp³-hybridized carbons (Fsp3) is 0.241. The maximum atomic E-state index is 6.67. The molecule has 0 radical (unpaired) electrons. The van der Waals surface area contributed by atoms with Gasteiger partial charge in [0, 0.05) is 34.8 Å². The van der Waals surface area contributed by atoms with E-state index in [-0.39, 0.29) is 0 Å². The molecule has 420 valence electrons. The van der Waals surface area contributed by atoms with Crippen LogP contribution in [-0.2, 0) is 6.42 Å². The summed E-state index contributed by atoms with van der Waals surface area (Å²) >= 11 is 0. The number of aryl methyl sites for hydroxylation is 2. The molecule has 0 saturated carbocycles. The smallest absolute Gasteiger partial charge is 0.248 e. The van der Waals surface area contributed by atoms with Crippen molar-refractivity contribution in [2.75, 3.05) is 13.7 Å². The summed E-state index contributed by atoms with van der Waals surface area (Å²) in [6.45, 7) is 9.25. The molecule has 1 aromatic heterocycles. The number of ether oxygens (including phenoxy) is 3. The fourth-order valence-electron chi connectivity index (χ4n) is 11.3. The van der Waals surface area contributed by atoms with Crippen molar-refractivity contribution in [3.8, 4) is 133 Å².